The third kappa shape index (κ3) is 21.3. The van der Waals surface area contributed by atoms with Crippen LogP contribution in [0.1, 0.15) is 71.4 Å². The summed E-state index contributed by atoms with van der Waals surface area (Å²) in [5.74, 6) is 5.07. The number of nitrogens with one attached hydrogen (secondary N) is 1. The van der Waals surface area contributed by atoms with Gasteiger partial charge in [-0.1, -0.05) is 70.5 Å². The van der Waals surface area contributed by atoms with E-state index < -0.39 is 0 Å². The van der Waals surface area contributed by atoms with E-state index in [0.29, 0.717) is 18.6 Å². The number of carbonyl (C=O) groups is 2. The van der Waals surface area contributed by atoms with Crippen LogP contribution in [0.4, 0.5) is 0 Å². The lowest BCUT2D eigenvalue weighted by Crippen LogP contribution is -2.11. The number of Topliss-reactive ketones (excluding diaryl/α,β-unsaturated/α-hetero) is 1. The highest BCUT2D eigenvalue weighted by molar-refractivity contribution is 7.98. The number of carbonyl (C=O) groups excluding carboxylic acids is 2. The van der Waals surface area contributed by atoms with Crippen molar-refractivity contribution in [1.82, 2.24) is 5.32 Å². The minimum atomic E-state index is 0.00463. The van der Waals surface area contributed by atoms with Crippen LogP contribution in [0.15, 0.2) is 36.4 Å². The number of thioether (sulfide) groups is 2. The Kier molecular flexibility index (Phi) is 23.9. The van der Waals surface area contributed by atoms with Crippen LogP contribution in [0.3, 0.4) is 0 Å². The van der Waals surface area contributed by atoms with Gasteiger partial charge in [0.1, 0.15) is 5.78 Å². The van der Waals surface area contributed by atoms with E-state index in [1.165, 1.54) is 29.6 Å². The molecule has 29 heavy (non-hydrogen) atoms. The molecule has 0 fully saturated rings. The van der Waals surface area contributed by atoms with E-state index >= 15 is 0 Å². The van der Waals surface area contributed by atoms with Crippen LogP contribution in [0, 0.1) is 0 Å². The van der Waals surface area contributed by atoms with Crippen LogP contribution in [0.2, 0.25) is 0 Å². The maximum Gasteiger partial charge on any atom is 0.216 e. The molecule has 0 aliphatic rings. The van der Waals surface area contributed by atoms with Crippen LogP contribution in [-0.4, -0.2) is 30.2 Å². The molecule has 0 saturated heterocycles. The molecule has 0 aromatic heterocycles. The van der Waals surface area contributed by atoms with Crippen molar-refractivity contribution in [2.24, 2.45) is 0 Å². The molecule has 3 nitrogen and oxygen atoms in total. The Labute approximate surface area is 187 Å². The summed E-state index contributed by atoms with van der Waals surface area (Å²) in [5, 5.41) is 2.39. The SMILES string of the molecule is CCC/C=C/CC(=O)CC.CCSCc1ccccc1CSCC.CNC(C)=O. The first-order chi connectivity index (χ1) is 14.0. The van der Waals surface area contributed by atoms with Crippen molar-refractivity contribution in [2.75, 3.05) is 18.6 Å². The van der Waals surface area contributed by atoms with Gasteiger partial charge < -0.3 is 5.32 Å². The predicted octanol–water partition coefficient (Wildman–Crippen LogP) is 6.66. The summed E-state index contributed by atoms with van der Waals surface area (Å²) in [5.41, 5.74) is 3.03. The number of amides is 1. The number of ketones is 1. The summed E-state index contributed by atoms with van der Waals surface area (Å²) in [4.78, 5) is 20.4. The highest BCUT2D eigenvalue weighted by Gasteiger charge is 2.00. The topological polar surface area (TPSA) is 46.2 Å². The van der Waals surface area contributed by atoms with Crippen LogP contribution in [0.25, 0.3) is 0 Å². The average molecular weight is 440 g/mol. The van der Waals surface area contributed by atoms with Gasteiger partial charge in [0.15, 0.2) is 0 Å². The van der Waals surface area contributed by atoms with Crippen LogP contribution >= 0.6 is 23.5 Å². The predicted molar refractivity (Wildman–Crippen MR) is 134 cm³/mol. The average Bonchev–Trinajstić information content (AvgIpc) is 2.75. The molecule has 0 aliphatic heterocycles. The fourth-order valence-corrected chi connectivity index (χ4v) is 3.32. The second kappa shape index (κ2) is 23.1. The second-order valence-electron chi connectivity index (χ2n) is 6.21. The van der Waals surface area contributed by atoms with E-state index in [1.54, 1.807) is 7.05 Å². The number of rotatable bonds is 11. The molecule has 1 aromatic rings. The zero-order valence-corrected chi connectivity index (χ0v) is 20.9. The Morgan fingerprint density at radius 2 is 1.41 bits per heavy atom. The smallest absolute Gasteiger partial charge is 0.216 e. The molecule has 0 heterocycles. The van der Waals surface area contributed by atoms with Crippen molar-refractivity contribution in [3.8, 4) is 0 Å². The number of allylic oxidation sites excluding steroid dienone is 2. The maximum absolute atomic E-state index is 10.7. The molecular weight excluding hydrogens is 398 g/mol. The normalized spacial score (nSPS) is 9.86. The van der Waals surface area contributed by atoms with E-state index in [9.17, 15) is 9.59 Å². The molecule has 1 amide bonds. The van der Waals surface area contributed by atoms with E-state index in [4.69, 9.17) is 0 Å². The minimum Gasteiger partial charge on any atom is -0.359 e. The van der Waals surface area contributed by atoms with Crippen LogP contribution < -0.4 is 5.32 Å². The van der Waals surface area contributed by atoms with Crippen LogP contribution in [0.5, 0.6) is 0 Å². The highest BCUT2D eigenvalue weighted by atomic mass is 32.2. The Morgan fingerprint density at radius 1 is 0.931 bits per heavy atom. The van der Waals surface area contributed by atoms with E-state index in [-0.39, 0.29) is 5.91 Å². The lowest BCUT2D eigenvalue weighted by atomic mass is 10.1. The molecule has 0 unspecified atom stereocenters. The molecule has 0 aliphatic carbocycles. The van der Waals surface area contributed by atoms with Crippen LogP contribution in [-0.2, 0) is 21.1 Å². The fourth-order valence-electron chi connectivity index (χ4n) is 1.91. The van der Waals surface area contributed by atoms with Gasteiger partial charge in [-0.25, -0.2) is 0 Å². The minimum absolute atomic E-state index is 0.00463. The zero-order valence-electron chi connectivity index (χ0n) is 19.3. The number of hydrogen-bond donors (Lipinski definition) is 1. The molecule has 166 valence electrons. The summed E-state index contributed by atoms with van der Waals surface area (Å²) in [6, 6.07) is 8.81. The molecule has 0 bridgehead atoms. The van der Waals surface area contributed by atoms with Gasteiger partial charge in [0, 0.05) is 38.3 Å². The third-order valence-electron chi connectivity index (χ3n) is 3.76. The van der Waals surface area contributed by atoms with Gasteiger partial charge >= 0.3 is 0 Å². The quantitative estimate of drug-likeness (QED) is 0.392. The van der Waals surface area contributed by atoms with E-state index in [2.05, 4.69) is 56.4 Å². The van der Waals surface area contributed by atoms with Gasteiger partial charge in [0.2, 0.25) is 5.91 Å². The molecule has 0 saturated carbocycles. The van der Waals surface area contributed by atoms with E-state index in [0.717, 1.165) is 24.3 Å². The van der Waals surface area contributed by atoms with Gasteiger partial charge in [-0.15, -0.1) is 0 Å². The monoisotopic (exact) mass is 439 g/mol. The fraction of sp³-hybridized carbons (Fsp3) is 0.583. The number of hydrogen-bond acceptors (Lipinski definition) is 4. The largest absolute Gasteiger partial charge is 0.359 e. The highest BCUT2D eigenvalue weighted by Crippen LogP contribution is 2.20. The van der Waals surface area contributed by atoms with Gasteiger partial charge in [-0.05, 0) is 29.1 Å². The summed E-state index contributed by atoms with van der Waals surface area (Å²) < 4.78 is 0. The molecule has 0 radical (unpaired) electrons. The summed E-state index contributed by atoms with van der Waals surface area (Å²) in [6.45, 7) is 9.93. The molecule has 0 atom stereocenters. The number of unbranched alkanes of at least 4 members (excludes halogenated alkanes) is 1. The Morgan fingerprint density at radius 3 is 1.76 bits per heavy atom. The summed E-state index contributed by atoms with van der Waals surface area (Å²) in [7, 11) is 1.60. The first-order valence-electron chi connectivity index (χ1n) is 10.5. The lowest BCUT2D eigenvalue weighted by Gasteiger charge is -2.07. The first-order valence-corrected chi connectivity index (χ1v) is 12.8. The van der Waals surface area contributed by atoms with Crippen molar-refractivity contribution in [2.45, 2.75) is 71.8 Å². The standard InChI is InChI=1S/C12H18S2.C9H16O.C3H7NO/c1-3-13-9-11-7-5-6-8-12(11)10-14-4-2;1-3-5-6-7-8-9(10)4-2;1-3(5)4-2/h5-8H,3-4,9-10H2,1-2H3;6-7H,3-5,8H2,1-2H3;1-2H3,(H,4,5)/b;7-6+;. The summed E-state index contributed by atoms with van der Waals surface area (Å²) >= 11 is 4.00. The molecule has 1 rings (SSSR count). The van der Waals surface area contributed by atoms with Crippen molar-refractivity contribution < 1.29 is 9.59 Å². The van der Waals surface area contributed by atoms with Gasteiger partial charge in [-0.2, -0.15) is 23.5 Å². The maximum atomic E-state index is 10.7. The molecule has 1 N–H and O–H groups in total. The van der Waals surface area contributed by atoms with Gasteiger partial charge in [0.25, 0.3) is 0 Å². The Bertz CT molecular complexity index is 533. The van der Waals surface area contributed by atoms with Gasteiger partial charge in [-0.3, -0.25) is 9.59 Å². The molecule has 5 heteroatoms. The van der Waals surface area contributed by atoms with Crippen molar-refractivity contribution in [3.63, 3.8) is 0 Å². The van der Waals surface area contributed by atoms with Gasteiger partial charge in [0.05, 0.1) is 0 Å². The number of benzene rings is 1. The molecule has 1 aromatic carbocycles. The first kappa shape index (κ1) is 30.0. The van der Waals surface area contributed by atoms with E-state index in [1.807, 2.05) is 36.5 Å². The molecular formula is C24H41NO2S2. The second-order valence-corrected chi connectivity index (χ2v) is 8.75. The summed E-state index contributed by atoms with van der Waals surface area (Å²) in [6.07, 6.45) is 7.59. The van der Waals surface area contributed by atoms with Crippen molar-refractivity contribution >= 4 is 35.2 Å². The Hall–Kier alpha value is -1.20. The van der Waals surface area contributed by atoms with Crippen molar-refractivity contribution in [3.05, 3.63) is 47.5 Å². The zero-order chi connectivity index (χ0) is 22.3. The molecule has 0 spiro atoms. The van der Waals surface area contributed by atoms with Crippen molar-refractivity contribution in [1.29, 1.82) is 0 Å². The third-order valence-corrected chi connectivity index (χ3v) is 5.60. The lowest BCUT2D eigenvalue weighted by molar-refractivity contribution is -0.119. The Balaban J connectivity index is 0.